The SMILES string of the molecule is CC1N=C(N)N=C2NCCCN21.Cl. The van der Waals surface area contributed by atoms with Gasteiger partial charge in [-0.2, -0.15) is 4.99 Å². The van der Waals surface area contributed by atoms with E-state index in [-0.39, 0.29) is 18.6 Å². The maximum absolute atomic E-state index is 5.53. The van der Waals surface area contributed by atoms with Crippen molar-refractivity contribution in [3.8, 4) is 0 Å². The van der Waals surface area contributed by atoms with Gasteiger partial charge in [0.05, 0.1) is 0 Å². The number of hydrogen-bond donors (Lipinski definition) is 2. The third kappa shape index (κ3) is 1.85. The fraction of sp³-hybridized carbons (Fsp3) is 0.714. The number of guanidine groups is 2. The first-order valence-electron chi connectivity index (χ1n) is 4.20. The van der Waals surface area contributed by atoms with Crippen LogP contribution in [0, 0.1) is 0 Å². The minimum Gasteiger partial charge on any atom is -0.368 e. The predicted octanol–water partition coefficient (Wildman–Crippen LogP) is -0.266. The monoisotopic (exact) mass is 203 g/mol. The smallest absolute Gasteiger partial charge is 0.220 e. The molecule has 2 rings (SSSR count). The molecule has 5 nitrogen and oxygen atoms in total. The van der Waals surface area contributed by atoms with E-state index in [1.54, 1.807) is 0 Å². The van der Waals surface area contributed by atoms with Gasteiger partial charge >= 0.3 is 0 Å². The van der Waals surface area contributed by atoms with Crippen LogP contribution in [-0.4, -0.2) is 36.1 Å². The molecular weight excluding hydrogens is 190 g/mol. The van der Waals surface area contributed by atoms with E-state index in [2.05, 4.69) is 20.2 Å². The Labute approximate surface area is 83.5 Å². The van der Waals surface area contributed by atoms with Gasteiger partial charge < -0.3 is 16.0 Å². The summed E-state index contributed by atoms with van der Waals surface area (Å²) in [4.78, 5) is 10.4. The molecule has 1 saturated heterocycles. The van der Waals surface area contributed by atoms with E-state index < -0.39 is 0 Å². The molecule has 0 aromatic rings. The molecule has 0 aromatic carbocycles. The molecule has 13 heavy (non-hydrogen) atoms. The summed E-state index contributed by atoms with van der Waals surface area (Å²) in [7, 11) is 0. The predicted molar refractivity (Wildman–Crippen MR) is 55.1 cm³/mol. The van der Waals surface area contributed by atoms with Gasteiger partial charge in [-0.3, -0.25) is 0 Å². The van der Waals surface area contributed by atoms with Gasteiger partial charge in [0.25, 0.3) is 0 Å². The maximum atomic E-state index is 5.53. The molecule has 0 radical (unpaired) electrons. The van der Waals surface area contributed by atoms with Crippen LogP contribution >= 0.6 is 12.4 Å². The quantitative estimate of drug-likeness (QED) is 0.570. The van der Waals surface area contributed by atoms with Gasteiger partial charge in [-0.25, -0.2) is 4.99 Å². The van der Waals surface area contributed by atoms with Crippen LogP contribution in [0.3, 0.4) is 0 Å². The lowest BCUT2D eigenvalue weighted by Gasteiger charge is -2.35. The Kier molecular flexibility index (Phi) is 2.98. The highest BCUT2D eigenvalue weighted by Crippen LogP contribution is 2.10. The molecule has 0 amide bonds. The second-order valence-electron chi connectivity index (χ2n) is 3.03. The summed E-state index contributed by atoms with van der Waals surface area (Å²) in [5.41, 5.74) is 5.53. The van der Waals surface area contributed by atoms with Crippen molar-refractivity contribution in [3.63, 3.8) is 0 Å². The van der Waals surface area contributed by atoms with Crippen LogP contribution in [0.5, 0.6) is 0 Å². The van der Waals surface area contributed by atoms with E-state index in [4.69, 9.17) is 5.73 Å². The van der Waals surface area contributed by atoms with E-state index in [0.717, 1.165) is 25.5 Å². The van der Waals surface area contributed by atoms with Crippen LogP contribution in [0.15, 0.2) is 9.98 Å². The third-order valence-electron chi connectivity index (χ3n) is 2.12. The average molecular weight is 204 g/mol. The van der Waals surface area contributed by atoms with Crippen molar-refractivity contribution in [1.82, 2.24) is 10.2 Å². The van der Waals surface area contributed by atoms with Crippen LogP contribution < -0.4 is 11.1 Å². The number of hydrogen-bond acceptors (Lipinski definition) is 5. The van der Waals surface area contributed by atoms with Crippen molar-refractivity contribution in [1.29, 1.82) is 0 Å². The average Bonchev–Trinajstić information content (AvgIpc) is 2.04. The lowest BCUT2D eigenvalue weighted by Crippen LogP contribution is -2.53. The summed E-state index contributed by atoms with van der Waals surface area (Å²) in [5, 5.41) is 3.20. The van der Waals surface area contributed by atoms with Gasteiger partial charge in [0.15, 0.2) is 0 Å². The molecule has 2 aliphatic rings. The molecule has 0 spiro atoms. The Morgan fingerprint density at radius 3 is 3.15 bits per heavy atom. The standard InChI is InChI=1S/C7H13N5.ClH/c1-5-10-6(8)11-7-9-3-2-4-12(5)7;/h5H,2-4H2,1H3,(H3,8,9,10,11);1H. The number of nitrogens with two attached hydrogens (primary N) is 1. The second-order valence-corrected chi connectivity index (χ2v) is 3.03. The van der Waals surface area contributed by atoms with E-state index in [1.165, 1.54) is 0 Å². The third-order valence-corrected chi connectivity index (χ3v) is 2.12. The molecule has 1 fully saturated rings. The normalized spacial score (nSPS) is 26.2. The molecule has 1 unspecified atom stereocenters. The molecule has 2 heterocycles. The van der Waals surface area contributed by atoms with Gasteiger partial charge in [0.1, 0.15) is 6.17 Å². The Morgan fingerprint density at radius 1 is 1.62 bits per heavy atom. The van der Waals surface area contributed by atoms with Crippen molar-refractivity contribution in [3.05, 3.63) is 0 Å². The Hall–Kier alpha value is -0.970. The molecule has 0 aliphatic carbocycles. The summed E-state index contributed by atoms with van der Waals surface area (Å²) in [6, 6.07) is 0. The van der Waals surface area contributed by atoms with Crippen LogP contribution in [-0.2, 0) is 0 Å². The molecule has 3 N–H and O–H groups in total. The molecular formula is C7H14ClN5. The van der Waals surface area contributed by atoms with Crippen LogP contribution in [0.25, 0.3) is 0 Å². The highest BCUT2D eigenvalue weighted by molar-refractivity contribution is 5.96. The van der Waals surface area contributed by atoms with E-state index in [1.807, 2.05) is 6.92 Å². The van der Waals surface area contributed by atoms with Crippen molar-refractivity contribution in [2.24, 2.45) is 15.7 Å². The molecule has 0 saturated carbocycles. The lowest BCUT2D eigenvalue weighted by molar-refractivity contribution is 0.297. The zero-order valence-corrected chi connectivity index (χ0v) is 8.34. The number of rotatable bonds is 0. The molecule has 2 aliphatic heterocycles. The number of fused-ring (bicyclic) bond motifs is 1. The molecule has 1 atom stereocenters. The summed E-state index contributed by atoms with van der Waals surface area (Å²) in [6.07, 6.45) is 1.27. The van der Waals surface area contributed by atoms with Gasteiger partial charge in [0, 0.05) is 13.1 Å². The fourth-order valence-corrected chi connectivity index (χ4v) is 1.52. The first-order valence-corrected chi connectivity index (χ1v) is 4.20. The largest absolute Gasteiger partial charge is 0.368 e. The first-order chi connectivity index (χ1) is 5.77. The van der Waals surface area contributed by atoms with Crippen molar-refractivity contribution in [2.75, 3.05) is 13.1 Å². The van der Waals surface area contributed by atoms with Crippen molar-refractivity contribution >= 4 is 24.3 Å². The van der Waals surface area contributed by atoms with Crippen molar-refractivity contribution < 1.29 is 0 Å². The highest BCUT2D eigenvalue weighted by atomic mass is 35.5. The summed E-state index contributed by atoms with van der Waals surface area (Å²) < 4.78 is 0. The van der Waals surface area contributed by atoms with Gasteiger partial charge in [-0.05, 0) is 13.3 Å². The topological polar surface area (TPSA) is 66.0 Å². The molecule has 0 aromatic heterocycles. The van der Waals surface area contributed by atoms with Gasteiger partial charge in [0.2, 0.25) is 11.9 Å². The molecule has 0 bridgehead atoms. The number of nitrogens with one attached hydrogen (secondary N) is 1. The fourth-order valence-electron chi connectivity index (χ4n) is 1.52. The van der Waals surface area contributed by atoms with E-state index in [9.17, 15) is 0 Å². The Balaban J connectivity index is 0.000000845. The number of halogens is 1. The van der Waals surface area contributed by atoms with Crippen LogP contribution in [0.4, 0.5) is 0 Å². The lowest BCUT2D eigenvalue weighted by atomic mass is 10.3. The second kappa shape index (κ2) is 3.83. The Bertz CT molecular complexity index is 249. The van der Waals surface area contributed by atoms with Crippen molar-refractivity contribution in [2.45, 2.75) is 19.5 Å². The molecule has 74 valence electrons. The number of nitrogens with zero attached hydrogens (tertiary/aromatic N) is 3. The Morgan fingerprint density at radius 2 is 2.38 bits per heavy atom. The number of aliphatic imine (C=N–C) groups is 2. The summed E-state index contributed by atoms with van der Waals surface area (Å²) >= 11 is 0. The van der Waals surface area contributed by atoms with Gasteiger partial charge in [-0.1, -0.05) is 0 Å². The maximum Gasteiger partial charge on any atom is 0.220 e. The van der Waals surface area contributed by atoms with Crippen LogP contribution in [0.1, 0.15) is 13.3 Å². The van der Waals surface area contributed by atoms with Gasteiger partial charge in [-0.15, -0.1) is 12.4 Å². The minimum atomic E-state index is 0. The first kappa shape index (κ1) is 10.1. The van der Waals surface area contributed by atoms with E-state index >= 15 is 0 Å². The minimum absolute atomic E-state index is 0. The summed E-state index contributed by atoms with van der Waals surface area (Å²) in [6.45, 7) is 4.02. The molecule has 6 heteroatoms. The zero-order valence-electron chi connectivity index (χ0n) is 7.53. The zero-order chi connectivity index (χ0) is 8.55. The summed E-state index contributed by atoms with van der Waals surface area (Å²) in [5.74, 6) is 1.25. The van der Waals surface area contributed by atoms with E-state index in [0.29, 0.717) is 5.96 Å². The van der Waals surface area contributed by atoms with Crippen LogP contribution in [0.2, 0.25) is 0 Å². The highest BCUT2D eigenvalue weighted by Gasteiger charge is 2.24.